The average Bonchev–Trinajstić information content (AvgIpc) is 2.70. The lowest BCUT2D eigenvalue weighted by Crippen LogP contribution is -2.48. The monoisotopic (exact) mass is 464 g/mol. The molecule has 31 heavy (non-hydrogen) atoms. The van der Waals surface area contributed by atoms with Gasteiger partial charge in [0, 0.05) is 21.2 Å². The molecular formula is C21H22Cl2N4O4. The van der Waals surface area contributed by atoms with Crippen LogP contribution in [-0.2, 0) is 9.59 Å². The van der Waals surface area contributed by atoms with Crippen molar-refractivity contribution in [2.75, 3.05) is 6.61 Å². The van der Waals surface area contributed by atoms with Gasteiger partial charge in [-0.1, -0.05) is 43.1 Å². The summed E-state index contributed by atoms with van der Waals surface area (Å²) in [5.41, 5.74) is 8.25. The minimum Gasteiger partial charge on any atom is -0.483 e. The van der Waals surface area contributed by atoms with Gasteiger partial charge in [-0.05, 0) is 42.3 Å². The molecule has 2 aromatic carbocycles. The third kappa shape index (κ3) is 7.58. The van der Waals surface area contributed by atoms with Crippen LogP contribution in [0.5, 0.6) is 5.75 Å². The summed E-state index contributed by atoms with van der Waals surface area (Å²) < 4.78 is 5.30. The summed E-state index contributed by atoms with van der Waals surface area (Å²) in [6.45, 7) is 3.26. The van der Waals surface area contributed by atoms with Crippen molar-refractivity contribution in [2.24, 2.45) is 16.8 Å². The van der Waals surface area contributed by atoms with Gasteiger partial charge in [0.2, 0.25) is 0 Å². The molecule has 0 aliphatic heterocycles. The molecule has 0 aliphatic rings. The van der Waals surface area contributed by atoms with Crippen LogP contribution in [0, 0.1) is 5.92 Å². The number of amides is 3. The lowest BCUT2D eigenvalue weighted by atomic mass is 10.0. The Hall–Kier alpha value is -3.10. The van der Waals surface area contributed by atoms with Crippen LogP contribution in [0.3, 0.4) is 0 Å². The van der Waals surface area contributed by atoms with Crippen molar-refractivity contribution in [3.05, 3.63) is 63.6 Å². The van der Waals surface area contributed by atoms with Crippen LogP contribution < -0.4 is 21.2 Å². The van der Waals surface area contributed by atoms with Crippen molar-refractivity contribution < 1.29 is 19.1 Å². The number of nitrogens with two attached hydrogens (primary N) is 1. The fourth-order valence-electron chi connectivity index (χ4n) is 2.52. The van der Waals surface area contributed by atoms with Crippen molar-refractivity contribution in [1.29, 1.82) is 0 Å². The van der Waals surface area contributed by atoms with Crippen molar-refractivity contribution in [3.63, 3.8) is 0 Å². The Kier molecular flexibility index (Phi) is 8.84. The van der Waals surface area contributed by atoms with E-state index in [1.165, 1.54) is 12.3 Å². The number of carbonyl (C=O) groups is 3. The van der Waals surface area contributed by atoms with E-state index in [9.17, 15) is 14.4 Å². The van der Waals surface area contributed by atoms with Crippen LogP contribution in [0.4, 0.5) is 0 Å². The van der Waals surface area contributed by atoms with E-state index < -0.39 is 23.8 Å². The van der Waals surface area contributed by atoms with E-state index in [0.717, 1.165) is 0 Å². The van der Waals surface area contributed by atoms with E-state index in [2.05, 4.69) is 15.8 Å². The number of nitrogens with zero attached hydrogens (tertiary/aromatic N) is 1. The zero-order chi connectivity index (χ0) is 23.0. The quantitative estimate of drug-likeness (QED) is 0.389. The second-order valence-corrected chi connectivity index (χ2v) is 7.75. The Labute approximate surface area is 189 Å². The van der Waals surface area contributed by atoms with Gasteiger partial charge in [0.05, 0.1) is 6.21 Å². The molecule has 2 aromatic rings. The highest BCUT2D eigenvalue weighted by Crippen LogP contribution is 2.21. The van der Waals surface area contributed by atoms with Gasteiger partial charge in [-0.15, -0.1) is 0 Å². The SMILES string of the molecule is CC(C)C(NC(=O)c1cccc(Cl)c1)C(=O)NN=Cc1cc(Cl)ccc1OCC(N)=O. The topological polar surface area (TPSA) is 123 Å². The number of nitrogens with one attached hydrogen (secondary N) is 2. The predicted molar refractivity (Wildman–Crippen MR) is 119 cm³/mol. The Morgan fingerprint density at radius 3 is 2.48 bits per heavy atom. The molecule has 164 valence electrons. The Balaban J connectivity index is 2.08. The van der Waals surface area contributed by atoms with Crippen LogP contribution in [0.2, 0.25) is 10.0 Å². The summed E-state index contributed by atoms with van der Waals surface area (Å²) in [5.74, 6) is -1.48. The van der Waals surface area contributed by atoms with Gasteiger partial charge in [-0.2, -0.15) is 5.10 Å². The Morgan fingerprint density at radius 1 is 1.13 bits per heavy atom. The maximum absolute atomic E-state index is 12.6. The van der Waals surface area contributed by atoms with Crippen LogP contribution >= 0.6 is 23.2 Å². The van der Waals surface area contributed by atoms with Crippen molar-refractivity contribution in [2.45, 2.75) is 19.9 Å². The van der Waals surface area contributed by atoms with E-state index in [-0.39, 0.29) is 12.5 Å². The van der Waals surface area contributed by atoms with Crippen molar-refractivity contribution >= 4 is 47.1 Å². The summed E-state index contributed by atoms with van der Waals surface area (Å²) in [7, 11) is 0. The average molecular weight is 465 g/mol. The number of hydrazone groups is 1. The number of rotatable bonds is 9. The normalized spacial score (nSPS) is 11.9. The molecule has 0 saturated heterocycles. The highest BCUT2D eigenvalue weighted by molar-refractivity contribution is 6.31. The first-order valence-electron chi connectivity index (χ1n) is 9.27. The van der Waals surface area contributed by atoms with Gasteiger partial charge in [0.25, 0.3) is 17.7 Å². The van der Waals surface area contributed by atoms with E-state index in [0.29, 0.717) is 26.9 Å². The van der Waals surface area contributed by atoms with Crippen LogP contribution in [0.1, 0.15) is 29.8 Å². The third-order valence-corrected chi connectivity index (χ3v) is 4.51. The maximum atomic E-state index is 12.6. The summed E-state index contributed by atoms with van der Waals surface area (Å²) >= 11 is 11.9. The summed E-state index contributed by atoms with van der Waals surface area (Å²) in [6, 6.07) is 10.2. The fraction of sp³-hybridized carbons (Fsp3) is 0.238. The van der Waals surface area contributed by atoms with Crippen molar-refractivity contribution in [1.82, 2.24) is 10.7 Å². The highest BCUT2D eigenvalue weighted by atomic mass is 35.5. The fourth-order valence-corrected chi connectivity index (χ4v) is 2.90. The van der Waals surface area contributed by atoms with E-state index >= 15 is 0 Å². The second kappa shape index (κ2) is 11.3. The first-order valence-corrected chi connectivity index (χ1v) is 10.0. The number of carbonyl (C=O) groups excluding carboxylic acids is 3. The highest BCUT2D eigenvalue weighted by Gasteiger charge is 2.24. The molecule has 0 aliphatic carbocycles. The molecule has 0 radical (unpaired) electrons. The summed E-state index contributed by atoms with van der Waals surface area (Å²) in [4.78, 5) is 36.0. The molecule has 1 unspecified atom stereocenters. The zero-order valence-electron chi connectivity index (χ0n) is 16.9. The molecule has 0 bridgehead atoms. The first-order chi connectivity index (χ1) is 14.7. The predicted octanol–water partition coefficient (Wildman–Crippen LogP) is 2.76. The Morgan fingerprint density at radius 2 is 1.84 bits per heavy atom. The third-order valence-electron chi connectivity index (χ3n) is 4.04. The molecule has 2 rings (SSSR count). The Bertz CT molecular complexity index is 995. The number of ether oxygens (including phenoxy) is 1. The van der Waals surface area contributed by atoms with Crippen molar-refractivity contribution in [3.8, 4) is 5.75 Å². The van der Waals surface area contributed by atoms with Gasteiger partial charge in [-0.25, -0.2) is 5.43 Å². The maximum Gasteiger partial charge on any atom is 0.262 e. The van der Waals surface area contributed by atoms with E-state index in [1.54, 1.807) is 50.2 Å². The molecule has 8 nitrogen and oxygen atoms in total. The van der Waals surface area contributed by atoms with Crippen LogP contribution in [0.15, 0.2) is 47.6 Å². The zero-order valence-corrected chi connectivity index (χ0v) is 18.4. The largest absolute Gasteiger partial charge is 0.483 e. The lowest BCUT2D eigenvalue weighted by molar-refractivity contribution is -0.124. The molecule has 0 heterocycles. The molecule has 10 heteroatoms. The van der Waals surface area contributed by atoms with E-state index in [4.69, 9.17) is 33.7 Å². The van der Waals surface area contributed by atoms with Crippen LogP contribution in [0.25, 0.3) is 0 Å². The number of benzene rings is 2. The minimum absolute atomic E-state index is 0.209. The van der Waals surface area contributed by atoms with Gasteiger partial charge >= 0.3 is 0 Å². The smallest absolute Gasteiger partial charge is 0.262 e. The number of hydrogen-bond donors (Lipinski definition) is 3. The number of hydrogen-bond acceptors (Lipinski definition) is 5. The van der Waals surface area contributed by atoms with Gasteiger partial charge in [-0.3, -0.25) is 14.4 Å². The van der Waals surface area contributed by atoms with E-state index in [1.807, 2.05) is 0 Å². The lowest BCUT2D eigenvalue weighted by Gasteiger charge is -2.20. The molecule has 0 spiro atoms. The number of halogens is 2. The van der Waals surface area contributed by atoms with Crippen LogP contribution in [-0.4, -0.2) is 36.6 Å². The molecule has 0 aromatic heterocycles. The molecule has 4 N–H and O–H groups in total. The van der Waals surface area contributed by atoms with Gasteiger partial charge < -0.3 is 15.8 Å². The molecule has 3 amide bonds. The summed E-state index contributed by atoms with van der Waals surface area (Å²) in [6.07, 6.45) is 1.32. The van der Waals surface area contributed by atoms with Gasteiger partial charge in [0.1, 0.15) is 11.8 Å². The number of primary amides is 1. The minimum atomic E-state index is -0.839. The molecular weight excluding hydrogens is 443 g/mol. The molecule has 1 atom stereocenters. The summed E-state index contributed by atoms with van der Waals surface area (Å²) in [5, 5.41) is 7.42. The molecule has 0 saturated carbocycles. The van der Waals surface area contributed by atoms with Gasteiger partial charge in [0.15, 0.2) is 6.61 Å². The second-order valence-electron chi connectivity index (χ2n) is 6.88. The standard InChI is InChI=1S/C21H22Cl2N4O4/c1-12(2)19(26-20(29)13-4-3-5-15(22)8-13)21(30)27-25-10-14-9-16(23)6-7-17(14)31-11-18(24)28/h3-10,12,19H,11H2,1-2H3,(H2,24,28)(H,26,29)(H,27,30). The first kappa shape index (κ1) is 24.2. The molecule has 0 fully saturated rings.